The van der Waals surface area contributed by atoms with E-state index in [2.05, 4.69) is 10.0 Å². The van der Waals surface area contributed by atoms with Crippen molar-refractivity contribution in [3.8, 4) is 0 Å². The predicted octanol–water partition coefficient (Wildman–Crippen LogP) is 1.27. The molecule has 2 aromatic rings. The van der Waals surface area contributed by atoms with Gasteiger partial charge in [0.05, 0.1) is 21.0 Å². The van der Waals surface area contributed by atoms with E-state index in [1.165, 1.54) is 12.1 Å². The Kier molecular flexibility index (Phi) is 6.01. The lowest BCUT2D eigenvalue weighted by Crippen LogP contribution is -2.25. The molecule has 0 saturated heterocycles. The first kappa shape index (κ1) is 19.9. The van der Waals surface area contributed by atoms with Crippen LogP contribution in [0.1, 0.15) is 23.7 Å². The molecule has 0 aliphatic carbocycles. The van der Waals surface area contributed by atoms with Crippen LogP contribution in [0.15, 0.2) is 58.3 Å². The Bertz CT molecular complexity index is 1000. The molecule has 0 aliphatic rings. The van der Waals surface area contributed by atoms with Crippen molar-refractivity contribution < 1.29 is 21.6 Å². The number of carbonyl (C=O) groups excluding carboxylic acids is 1. The average Bonchev–Trinajstić information content (AvgIpc) is 2.59. The second kappa shape index (κ2) is 7.85. The first-order valence-corrected chi connectivity index (χ1v) is 10.7. The quantitative estimate of drug-likeness (QED) is 0.646. The van der Waals surface area contributed by atoms with Crippen LogP contribution in [-0.4, -0.2) is 29.3 Å². The van der Waals surface area contributed by atoms with Gasteiger partial charge < -0.3 is 5.32 Å². The summed E-state index contributed by atoms with van der Waals surface area (Å²) in [6.07, 6.45) is 0.746. The number of hydrogen-bond donors (Lipinski definition) is 3. The average molecular weight is 397 g/mol. The standard InChI is InChI=1S/C16H19N3O5S2/c1-2-11-18-16(20)14-5-3-4-6-15(14)19-26(23,24)13-9-7-12(8-10-13)25(17,21)22/h3-10,19H,2,11H2,1H3,(H,18,20)(H2,17,21,22). The molecule has 0 atom stereocenters. The van der Waals surface area contributed by atoms with E-state index in [9.17, 15) is 21.6 Å². The van der Waals surface area contributed by atoms with Crippen molar-refractivity contribution in [2.24, 2.45) is 5.14 Å². The summed E-state index contributed by atoms with van der Waals surface area (Å²) in [5, 5.41) is 7.68. The number of amides is 1. The zero-order valence-corrected chi connectivity index (χ0v) is 15.6. The van der Waals surface area contributed by atoms with Gasteiger partial charge in [0.25, 0.3) is 15.9 Å². The molecule has 10 heteroatoms. The van der Waals surface area contributed by atoms with Crippen LogP contribution in [0, 0.1) is 0 Å². The van der Waals surface area contributed by atoms with E-state index in [0.717, 1.165) is 30.7 Å². The maximum absolute atomic E-state index is 12.5. The molecule has 2 rings (SSSR count). The summed E-state index contributed by atoms with van der Waals surface area (Å²) < 4.78 is 49.9. The molecule has 0 saturated carbocycles. The number of nitrogens with two attached hydrogens (primary N) is 1. The first-order chi connectivity index (χ1) is 12.1. The van der Waals surface area contributed by atoms with Crippen LogP contribution >= 0.6 is 0 Å². The van der Waals surface area contributed by atoms with Crippen molar-refractivity contribution in [1.82, 2.24) is 5.32 Å². The van der Waals surface area contributed by atoms with Gasteiger partial charge in [-0.15, -0.1) is 0 Å². The Morgan fingerprint density at radius 1 is 0.962 bits per heavy atom. The van der Waals surface area contributed by atoms with Gasteiger partial charge in [0.15, 0.2) is 0 Å². The lowest BCUT2D eigenvalue weighted by molar-refractivity contribution is 0.0954. The minimum atomic E-state index is -4.02. The third-order valence-corrected chi connectivity index (χ3v) is 5.72. The molecule has 26 heavy (non-hydrogen) atoms. The van der Waals surface area contributed by atoms with E-state index in [1.807, 2.05) is 6.92 Å². The summed E-state index contributed by atoms with van der Waals surface area (Å²) in [5.74, 6) is -0.394. The fourth-order valence-corrected chi connectivity index (χ4v) is 3.71. The molecule has 0 heterocycles. The molecule has 0 bridgehead atoms. The zero-order valence-electron chi connectivity index (χ0n) is 14.0. The van der Waals surface area contributed by atoms with Gasteiger partial charge in [0.1, 0.15) is 0 Å². The highest BCUT2D eigenvalue weighted by Gasteiger charge is 2.19. The van der Waals surface area contributed by atoms with Gasteiger partial charge in [-0.3, -0.25) is 9.52 Å². The van der Waals surface area contributed by atoms with Crippen molar-refractivity contribution in [2.45, 2.75) is 23.1 Å². The van der Waals surface area contributed by atoms with Crippen LogP contribution in [0.25, 0.3) is 0 Å². The molecule has 2 aromatic carbocycles. The van der Waals surface area contributed by atoms with Crippen LogP contribution in [0.5, 0.6) is 0 Å². The van der Waals surface area contributed by atoms with Gasteiger partial charge in [-0.1, -0.05) is 19.1 Å². The Morgan fingerprint density at radius 3 is 2.12 bits per heavy atom. The second-order valence-corrected chi connectivity index (χ2v) is 8.67. The van der Waals surface area contributed by atoms with Crippen LogP contribution in [-0.2, 0) is 20.0 Å². The first-order valence-electron chi connectivity index (χ1n) is 7.68. The minimum Gasteiger partial charge on any atom is -0.352 e. The lowest BCUT2D eigenvalue weighted by Gasteiger charge is -2.13. The Labute approximate surface area is 152 Å². The number of para-hydroxylation sites is 1. The molecular weight excluding hydrogens is 378 g/mol. The molecule has 0 spiro atoms. The Morgan fingerprint density at radius 2 is 1.54 bits per heavy atom. The number of hydrogen-bond acceptors (Lipinski definition) is 5. The molecule has 0 radical (unpaired) electrons. The molecule has 4 N–H and O–H groups in total. The zero-order chi connectivity index (χ0) is 19.4. The molecular formula is C16H19N3O5S2. The minimum absolute atomic E-state index is 0.122. The number of sulfonamides is 2. The number of anilines is 1. The fraction of sp³-hybridized carbons (Fsp3) is 0.188. The summed E-state index contributed by atoms with van der Waals surface area (Å²) >= 11 is 0. The number of primary sulfonamides is 1. The monoisotopic (exact) mass is 397 g/mol. The van der Waals surface area contributed by atoms with Gasteiger partial charge >= 0.3 is 0 Å². The van der Waals surface area contributed by atoms with Crippen LogP contribution < -0.4 is 15.2 Å². The highest BCUT2D eigenvalue weighted by atomic mass is 32.2. The molecule has 140 valence electrons. The summed E-state index contributed by atoms with van der Waals surface area (Å²) in [7, 11) is -7.94. The maximum atomic E-state index is 12.5. The third kappa shape index (κ3) is 4.81. The van der Waals surface area contributed by atoms with E-state index in [4.69, 9.17) is 5.14 Å². The summed E-state index contributed by atoms with van der Waals surface area (Å²) in [6.45, 7) is 2.37. The molecule has 8 nitrogen and oxygen atoms in total. The molecule has 0 fully saturated rings. The highest BCUT2D eigenvalue weighted by molar-refractivity contribution is 7.92. The van der Waals surface area contributed by atoms with Crippen molar-refractivity contribution in [3.63, 3.8) is 0 Å². The number of benzene rings is 2. The molecule has 1 amide bonds. The normalized spacial score (nSPS) is 11.8. The van der Waals surface area contributed by atoms with E-state index in [0.29, 0.717) is 6.54 Å². The van der Waals surface area contributed by atoms with Gasteiger partial charge in [-0.05, 0) is 42.8 Å². The van der Waals surface area contributed by atoms with E-state index < -0.39 is 26.0 Å². The SMILES string of the molecule is CCCNC(=O)c1ccccc1NS(=O)(=O)c1ccc(S(N)(=O)=O)cc1. The van der Waals surface area contributed by atoms with Crippen LogP contribution in [0.2, 0.25) is 0 Å². The predicted molar refractivity (Wildman–Crippen MR) is 97.7 cm³/mol. The van der Waals surface area contributed by atoms with Gasteiger partial charge in [0.2, 0.25) is 10.0 Å². The van der Waals surface area contributed by atoms with Crippen molar-refractivity contribution in [2.75, 3.05) is 11.3 Å². The number of carbonyl (C=O) groups is 1. The fourth-order valence-electron chi connectivity index (χ4n) is 2.12. The Hall–Kier alpha value is -2.43. The van der Waals surface area contributed by atoms with Crippen molar-refractivity contribution in [1.29, 1.82) is 0 Å². The molecule has 0 aromatic heterocycles. The second-order valence-electron chi connectivity index (χ2n) is 5.42. The van der Waals surface area contributed by atoms with Crippen molar-refractivity contribution >= 4 is 31.6 Å². The van der Waals surface area contributed by atoms with Gasteiger partial charge in [-0.25, -0.2) is 22.0 Å². The topological polar surface area (TPSA) is 135 Å². The summed E-state index contributed by atoms with van der Waals surface area (Å²) in [5.41, 5.74) is 0.308. The summed E-state index contributed by atoms with van der Waals surface area (Å²) in [4.78, 5) is 11.8. The Balaban J connectivity index is 2.31. The largest absolute Gasteiger partial charge is 0.352 e. The van der Waals surface area contributed by atoms with Crippen molar-refractivity contribution in [3.05, 3.63) is 54.1 Å². The van der Waals surface area contributed by atoms with Crippen LogP contribution in [0.3, 0.4) is 0 Å². The van der Waals surface area contributed by atoms with E-state index in [1.54, 1.807) is 12.1 Å². The number of nitrogens with one attached hydrogen (secondary N) is 2. The molecule has 0 aliphatic heterocycles. The highest BCUT2D eigenvalue weighted by Crippen LogP contribution is 2.21. The lowest BCUT2D eigenvalue weighted by atomic mass is 10.1. The summed E-state index contributed by atoms with van der Waals surface area (Å²) in [6, 6.07) is 10.7. The smallest absolute Gasteiger partial charge is 0.261 e. The van der Waals surface area contributed by atoms with Gasteiger partial charge in [0, 0.05) is 6.54 Å². The maximum Gasteiger partial charge on any atom is 0.261 e. The number of rotatable bonds is 7. The third-order valence-electron chi connectivity index (χ3n) is 3.41. The van der Waals surface area contributed by atoms with E-state index >= 15 is 0 Å². The van der Waals surface area contributed by atoms with Gasteiger partial charge in [-0.2, -0.15) is 0 Å². The van der Waals surface area contributed by atoms with E-state index in [-0.39, 0.29) is 21.0 Å². The van der Waals surface area contributed by atoms with Crippen LogP contribution in [0.4, 0.5) is 5.69 Å². The molecule has 0 unspecified atom stereocenters.